The zero-order chi connectivity index (χ0) is 26.3. The standard InChI is InChI=1S/C25H27N3O7S/c1-17-8-11-20(12-9-17)36(31,32)28(19-10-13-21(33-2)23(14-19)35-4)16-24(29)27-26-15-18-6-5-7-22(34-3)25(18)30/h5-15,30H,16H2,1-4H3,(H,27,29)/b26-15-. The molecule has 0 radical (unpaired) electrons. The van der Waals surface area contributed by atoms with Gasteiger partial charge in [-0.3, -0.25) is 9.10 Å². The van der Waals surface area contributed by atoms with Gasteiger partial charge in [0.05, 0.1) is 38.1 Å². The number of hydrazone groups is 1. The maximum absolute atomic E-state index is 13.5. The van der Waals surface area contributed by atoms with E-state index in [9.17, 15) is 18.3 Å². The second-order valence-electron chi connectivity index (χ2n) is 7.56. The van der Waals surface area contributed by atoms with Crippen molar-refractivity contribution >= 4 is 27.8 Å². The molecular weight excluding hydrogens is 486 g/mol. The van der Waals surface area contributed by atoms with Gasteiger partial charge in [0.1, 0.15) is 6.54 Å². The van der Waals surface area contributed by atoms with Crippen LogP contribution in [0.1, 0.15) is 11.1 Å². The van der Waals surface area contributed by atoms with Gasteiger partial charge < -0.3 is 19.3 Å². The summed E-state index contributed by atoms with van der Waals surface area (Å²) in [5.74, 6) is 0.0900. The fourth-order valence-electron chi connectivity index (χ4n) is 3.28. The highest BCUT2D eigenvalue weighted by Crippen LogP contribution is 2.34. The van der Waals surface area contributed by atoms with Gasteiger partial charge in [0.25, 0.3) is 15.9 Å². The van der Waals surface area contributed by atoms with E-state index in [1.165, 1.54) is 51.8 Å². The van der Waals surface area contributed by atoms with E-state index in [4.69, 9.17) is 14.2 Å². The van der Waals surface area contributed by atoms with Crippen LogP contribution in [0.4, 0.5) is 5.69 Å². The molecule has 11 heteroatoms. The van der Waals surface area contributed by atoms with Crippen LogP contribution in [-0.2, 0) is 14.8 Å². The third-order valence-electron chi connectivity index (χ3n) is 5.19. The predicted octanol–water partition coefficient (Wildman–Crippen LogP) is 3.07. The number of aromatic hydroxyl groups is 1. The van der Waals surface area contributed by atoms with Gasteiger partial charge in [0, 0.05) is 11.6 Å². The first-order valence-electron chi connectivity index (χ1n) is 10.7. The first-order chi connectivity index (χ1) is 17.2. The average Bonchev–Trinajstić information content (AvgIpc) is 2.88. The number of rotatable bonds is 10. The Morgan fingerprint density at radius 3 is 2.28 bits per heavy atom. The molecule has 0 unspecified atom stereocenters. The zero-order valence-corrected chi connectivity index (χ0v) is 21.1. The number of carbonyl (C=O) groups excluding carboxylic acids is 1. The van der Waals surface area contributed by atoms with Gasteiger partial charge in [-0.1, -0.05) is 23.8 Å². The van der Waals surface area contributed by atoms with Crippen molar-refractivity contribution in [3.05, 3.63) is 71.8 Å². The number of methoxy groups -OCH3 is 3. The lowest BCUT2D eigenvalue weighted by molar-refractivity contribution is -0.119. The Labute approximate surface area is 209 Å². The van der Waals surface area contributed by atoms with Crippen LogP contribution in [0, 0.1) is 6.92 Å². The van der Waals surface area contributed by atoms with Gasteiger partial charge in [-0.25, -0.2) is 13.8 Å². The van der Waals surface area contributed by atoms with Gasteiger partial charge in [0.2, 0.25) is 0 Å². The Morgan fingerprint density at radius 1 is 0.972 bits per heavy atom. The van der Waals surface area contributed by atoms with Crippen LogP contribution in [0.5, 0.6) is 23.0 Å². The van der Waals surface area contributed by atoms with Crippen LogP contribution < -0.4 is 23.9 Å². The Hall–Kier alpha value is -4.25. The minimum absolute atomic E-state index is 0.0143. The van der Waals surface area contributed by atoms with E-state index in [-0.39, 0.29) is 22.1 Å². The number of ether oxygens (including phenoxy) is 3. The molecule has 0 saturated heterocycles. The molecule has 0 fully saturated rings. The molecular formula is C25H27N3O7S. The Bertz CT molecular complexity index is 1360. The van der Waals surface area contributed by atoms with E-state index in [1.807, 2.05) is 6.92 Å². The van der Waals surface area contributed by atoms with E-state index in [2.05, 4.69) is 10.5 Å². The average molecular weight is 514 g/mol. The van der Waals surface area contributed by atoms with Crippen molar-refractivity contribution in [3.63, 3.8) is 0 Å². The Kier molecular flexibility index (Phi) is 8.38. The lowest BCUT2D eigenvalue weighted by Crippen LogP contribution is -2.39. The second-order valence-corrected chi connectivity index (χ2v) is 9.42. The minimum atomic E-state index is -4.14. The van der Waals surface area contributed by atoms with Crippen LogP contribution in [-0.4, -0.2) is 53.5 Å². The summed E-state index contributed by atoms with van der Waals surface area (Å²) in [6.07, 6.45) is 1.23. The topological polar surface area (TPSA) is 127 Å². The highest BCUT2D eigenvalue weighted by Gasteiger charge is 2.28. The number of phenolic OH excluding ortho intramolecular Hbond substituents is 1. The predicted molar refractivity (Wildman–Crippen MR) is 136 cm³/mol. The lowest BCUT2D eigenvalue weighted by Gasteiger charge is -2.24. The van der Waals surface area contributed by atoms with Gasteiger partial charge >= 0.3 is 0 Å². The molecule has 0 atom stereocenters. The van der Waals surface area contributed by atoms with Gasteiger partial charge in [-0.05, 0) is 43.3 Å². The van der Waals surface area contributed by atoms with Crippen LogP contribution in [0.3, 0.4) is 0 Å². The first-order valence-corrected chi connectivity index (χ1v) is 12.1. The first kappa shape index (κ1) is 26.4. The number of nitrogens with one attached hydrogen (secondary N) is 1. The van der Waals surface area contributed by atoms with Crippen LogP contribution >= 0.6 is 0 Å². The van der Waals surface area contributed by atoms with Crippen molar-refractivity contribution < 1.29 is 32.5 Å². The van der Waals surface area contributed by atoms with Crippen molar-refractivity contribution in [2.45, 2.75) is 11.8 Å². The van der Waals surface area contributed by atoms with Gasteiger partial charge in [-0.15, -0.1) is 0 Å². The SMILES string of the molecule is COc1ccc(N(CC(=O)N/N=C\c2cccc(OC)c2O)S(=O)(=O)c2ccc(C)cc2)cc1OC. The molecule has 190 valence electrons. The second kappa shape index (κ2) is 11.5. The van der Waals surface area contributed by atoms with E-state index in [0.717, 1.165) is 9.87 Å². The van der Waals surface area contributed by atoms with Crippen molar-refractivity contribution in [3.8, 4) is 23.0 Å². The summed E-state index contributed by atoms with van der Waals surface area (Å²) in [7, 11) is 0.165. The molecule has 36 heavy (non-hydrogen) atoms. The fraction of sp³-hybridized carbons (Fsp3) is 0.200. The van der Waals surface area contributed by atoms with Crippen molar-refractivity contribution in [1.29, 1.82) is 0 Å². The number of hydrogen-bond acceptors (Lipinski definition) is 8. The third-order valence-corrected chi connectivity index (χ3v) is 6.98. The third kappa shape index (κ3) is 5.87. The number of carbonyl (C=O) groups is 1. The number of benzene rings is 3. The highest BCUT2D eigenvalue weighted by molar-refractivity contribution is 7.92. The number of nitrogens with zero attached hydrogens (tertiary/aromatic N) is 2. The molecule has 2 N–H and O–H groups in total. The summed E-state index contributed by atoms with van der Waals surface area (Å²) in [6.45, 7) is 1.27. The summed E-state index contributed by atoms with van der Waals surface area (Å²) in [5, 5.41) is 14.0. The van der Waals surface area contributed by atoms with Gasteiger partial charge in [-0.2, -0.15) is 5.10 Å². The Morgan fingerprint density at radius 2 is 1.64 bits per heavy atom. The molecule has 0 aliphatic heterocycles. The van der Waals surface area contributed by atoms with E-state index < -0.39 is 22.5 Å². The smallest absolute Gasteiger partial charge is 0.264 e. The molecule has 1 amide bonds. The largest absolute Gasteiger partial charge is 0.504 e. The molecule has 0 bridgehead atoms. The summed E-state index contributed by atoms with van der Waals surface area (Å²) < 4.78 is 43.6. The highest BCUT2D eigenvalue weighted by atomic mass is 32.2. The molecule has 0 aromatic heterocycles. The fourth-order valence-corrected chi connectivity index (χ4v) is 4.69. The summed E-state index contributed by atoms with van der Waals surface area (Å²) in [6, 6.07) is 15.6. The molecule has 0 saturated carbocycles. The molecule has 0 aliphatic rings. The number of amides is 1. The van der Waals surface area contributed by atoms with Gasteiger partial charge in [0.15, 0.2) is 23.0 Å². The van der Waals surface area contributed by atoms with Crippen LogP contribution in [0.2, 0.25) is 0 Å². The molecule has 0 aliphatic carbocycles. The van der Waals surface area contributed by atoms with E-state index in [0.29, 0.717) is 17.1 Å². The van der Waals surface area contributed by atoms with Crippen molar-refractivity contribution in [1.82, 2.24) is 5.43 Å². The normalized spacial score (nSPS) is 11.2. The summed E-state index contributed by atoms with van der Waals surface area (Å²) in [5.41, 5.74) is 3.68. The molecule has 0 spiro atoms. The van der Waals surface area contributed by atoms with E-state index >= 15 is 0 Å². The van der Waals surface area contributed by atoms with Crippen molar-refractivity contribution in [2.75, 3.05) is 32.2 Å². The number of aryl methyl sites for hydroxylation is 1. The van der Waals surface area contributed by atoms with Crippen molar-refractivity contribution in [2.24, 2.45) is 5.10 Å². The zero-order valence-electron chi connectivity index (χ0n) is 20.3. The molecule has 3 aromatic rings. The van der Waals surface area contributed by atoms with Crippen LogP contribution in [0.25, 0.3) is 0 Å². The molecule has 10 nitrogen and oxygen atoms in total. The quantitative estimate of drug-likeness (QED) is 0.315. The number of para-hydroxylation sites is 1. The Balaban J connectivity index is 1.91. The van der Waals surface area contributed by atoms with E-state index in [1.54, 1.807) is 36.4 Å². The number of hydrogen-bond donors (Lipinski definition) is 2. The maximum Gasteiger partial charge on any atom is 0.264 e. The summed E-state index contributed by atoms with van der Waals surface area (Å²) in [4.78, 5) is 12.8. The van der Waals surface area contributed by atoms with Crippen LogP contribution in [0.15, 0.2) is 70.7 Å². The lowest BCUT2D eigenvalue weighted by atomic mass is 10.2. The molecule has 3 rings (SSSR count). The molecule has 0 heterocycles. The molecule has 3 aromatic carbocycles. The summed E-state index contributed by atoms with van der Waals surface area (Å²) >= 11 is 0. The monoisotopic (exact) mass is 513 g/mol. The number of sulfonamides is 1. The number of phenols is 1. The number of anilines is 1. The minimum Gasteiger partial charge on any atom is -0.504 e. The maximum atomic E-state index is 13.5.